The van der Waals surface area contributed by atoms with Gasteiger partial charge in [0.2, 0.25) is 0 Å². The summed E-state index contributed by atoms with van der Waals surface area (Å²) in [6, 6.07) is 8.37. The molecule has 1 aromatic carbocycles. The molecule has 0 amide bonds. The van der Waals surface area contributed by atoms with Crippen LogP contribution in [0.4, 0.5) is 5.82 Å². The lowest BCUT2D eigenvalue weighted by atomic mass is 10.0. The number of nitrogens with zero attached hydrogens (tertiary/aromatic N) is 1. The molecule has 0 bridgehead atoms. The van der Waals surface area contributed by atoms with Crippen LogP contribution in [0, 0.1) is 6.92 Å². The molecule has 1 aliphatic heterocycles. The summed E-state index contributed by atoms with van der Waals surface area (Å²) in [5.41, 5.74) is 10.3. The summed E-state index contributed by atoms with van der Waals surface area (Å²) in [4.78, 5) is 4.21. The molecule has 1 unspecified atom stereocenters. The van der Waals surface area contributed by atoms with Gasteiger partial charge in [-0.2, -0.15) is 0 Å². The van der Waals surface area contributed by atoms with Crippen LogP contribution in [0.3, 0.4) is 0 Å². The number of benzene rings is 1. The quantitative estimate of drug-likeness (QED) is 0.833. The highest BCUT2D eigenvalue weighted by Gasteiger charge is 2.19. The van der Waals surface area contributed by atoms with Crippen molar-refractivity contribution >= 4 is 5.82 Å². The molecule has 0 aliphatic carbocycles. The summed E-state index contributed by atoms with van der Waals surface area (Å²) < 4.78 is 5.70. The number of rotatable bonds is 1. The largest absolute Gasteiger partial charge is 0.490 e. The van der Waals surface area contributed by atoms with Crippen LogP contribution in [0.15, 0.2) is 30.5 Å². The van der Waals surface area contributed by atoms with Gasteiger partial charge in [-0.15, -0.1) is 0 Å². The van der Waals surface area contributed by atoms with Gasteiger partial charge in [0.25, 0.3) is 0 Å². The first-order valence-electron chi connectivity index (χ1n) is 6.15. The van der Waals surface area contributed by atoms with Crippen molar-refractivity contribution in [2.45, 2.75) is 26.4 Å². The molecular formula is C15H16N2O. The summed E-state index contributed by atoms with van der Waals surface area (Å²) >= 11 is 0. The minimum Gasteiger partial charge on any atom is -0.490 e. The second kappa shape index (κ2) is 4.02. The van der Waals surface area contributed by atoms with E-state index in [4.69, 9.17) is 10.5 Å². The number of hydrogen-bond acceptors (Lipinski definition) is 3. The molecule has 0 radical (unpaired) electrons. The third kappa shape index (κ3) is 1.82. The zero-order valence-electron chi connectivity index (χ0n) is 10.6. The van der Waals surface area contributed by atoms with E-state index in [2.05, 4.69) is 30.1 Å². The predicted molar refractivity (Wildman–Crippen MR) is 72.6 cm³/mol. The summed E-state index contributed by atoms with van der Waals surface area (Å²) in [6.45, 7) is 4.07. The van der Waals surface area contributed by atoms with Crippen molar-refractivity contribution in [3.63, 3.8) is 0 Å². The minimum atomic E-state index is 0.279. The lowest BCUT2D eigenvalue weighted by molar-refractivity contribution is 0.254. The maximum Gasteiger partial charge on any atom is 0.126 e. The van der Waals surface area contributed by atoms with Gasteiger partial charge >= 0.3 is 0 Å². The van der Waals surface area contributed by atoms with Crippen molar-refractivity contribution < 1.29 is 4.74 Å². The van der Waals surface area contributed by atoms with E-state index < -0.39 is 0 Å². The molecule has 3 heteroatoms. The molecule has 0 saturated heterocycles. The van der Waals surface area contributed by atoms with Gasteiger partial charge in [0.15, 0.2) is 0 Å². The number of fused-ring (bicyclic) bond motifs is 1. The van der Waals surface area contributed by atoms with Gasteiger partial charge in [0.05, 0.1) is 0 Å². The molecule has 2 aromatic rings. The fourth-order valence-corrected chi connectivity index (χ4v) is 2.34. The topological polar surface area (TPSA) is 48.1 Å². The van der Waals surface area contributed by atoms with Crippen LogP contribution in [0.25, 0.3) is 11.1 Å². The second-order valence-electron chi connectivity index (χ2n) is 4.88. The van der Waals surface area contributed by atoms with Crippen molar-refractivity contribution in [2.24, 2.45) is 0 Å². The van der Waals surface area contributed by atoms with Crippen molar-refractivity contribution in [3.8, 4) is 16.9 Å². The van der Waals surface area contributed by atoms with E-state index in [-0.39, 0.29) is 6.10 Å². The first-order chi connectivity index (χ1) is 8.63. The monoisotopic (exact) mass is 240 g/mol. The molecule has 1 atom stereocenters. The Labute approximate surface area is 107 Å². The Morgan fingerprint density at radius 3 is 2.89 bits per heavy atom. The second-order valence-corrected chi connectivity index (χ2v) is 4.88. The Bertz CT molecular complexity index is 607. The number of anilines is 1. The van der Waals surface area contributed by atoms with Crippen LogP contribution < -0.4 is 10.5 Å². The Hall–Kier alpha value is -2.03. The molecule has 3 nitrogen and oxygen atoms in total. The number of hydrogen-bond donors (Lipinski definition) is 1. The van der Waals surface area contributed by atoms with Gasteiger partial charge in [0.1, 0.15) is 17.7 Å². The van der Waals surface area contributed by atoms with Crippen molar-refractivity contribution in [2.75, 3.05) is 5.73 Å². The van der Waals surface area contributed by atoms with Gasteiger partial charge in [-0.3, -0.25) is 0 Å². The molecule has 2 heterocycles. The number of aryl methyl sites for hydroxylation is 1. The summed E-state index contributed by atoms with van der Waals surface area (Å²) in [6.07, 6.45) is 3.08. The molecular weight excluding hydrogens is 224 g/mol. The van der Waals surface area contributed by atoms with Crippen LogP contribution in [0.5, 0.6) is 5.75 Å². The number of pyridine rings is 1. The summed E-state index contributed by atoms with van der Waals surface area (Å²) in [5, 5.41) is 0. The SMILES string of the molecule is Cc1cc(-c2ccc3c(c2)CC(C)O3)cnc1N. The van der Waals surface area contributed by atoms with Crippen molar-refractivity contribution in [3.05, 3.63) is 41.6 Å². The van der Waals surface area contributed by atoms with E-state index in [1.54, 1.807) is 0 Å². The van der Waals surface area contributed by atoms with Crippen LogP contribution in [0.2, 0.25) is 0 Å². The molecule has 18 heavy (non-hydrogen) atoms. The third-order valence-corrected chi connectivity index (χ3v) is 3.35. The van der Waals surface area contributed by atoms with Gasteiger partial charge in [-0.25, -0.2) is 4.98 Å². The summed E-state index contributed by atoms with van der Waals surface area (Å²) in [5.74, 6) is 1.60. The van der Waals surface area contributed by atoms with E-state index in [0.29, 0.717) is 5.82 Å². The number of aromatic nitrogens is 1. The molecule has 1 aromatic heterocycles. The van der Waals surface area contributed by atoms with Gasteiger partial charge < -0.3 is 10.5 Å². The van der Waals surface area contributed by atoms with Crippen molar-refractivity contribution in [1.82, 2.24) is 4.98 Å². The maximum absolute atomic E-state index is 5.74. The lowest BCUT2D eigenvalue weighted by Gasteiger charge is -2.06. The standard InChI is InChI=1S/C15H16N2O/c1-9-5-13(8-17-15(9)16)11-3-4-14-12(7-11)6-10(2)18-14/h3-5,7-8,10H,6H2,1-2H3,(H2,16,17). The molecule has 0 saturated carbocycles. The fourth-order valence-electron chi connectivity index (χ4n) is 2.34. The lowest BCUT2D eigenvalue weighted by Crippen LogP contribution is -2.05. The fraction of sp³-hybridized carbons (Fsp3) is 0.267. The van der Waals surface area contributed by atoms with Crippen LogP contribution >= 0.6 is 0 Å². The highest BCUT2D eigenvalue weighted by Crippen LogP contribution is 2.33. The van der Waals surface area contributed by atoms with Gasteiger partial charge in [-0.05, 0) is 48.7 Å². The van der Waals surface area contributed by atoms with Gasteiger partial charge in [0, 0.05) is 18.2 Å². The average Bonchev–Trinajstić information content (AvgIpc) is 2.71. The van der Waals surface area contributed by atoms with Crippen LogP contribution in [-0.4, -0.2) is 11.1 Å². The molecule has 2 N–H and O–H groups in total. The van der Waals surface area contributed by atoms with E-state index in [9.17, 15) is 0 Å². The molecule has 0 fully saturated rings. The molecule has 0 spiro atoms. The highest BCUT2D eigenvalue weighted by molar-refractivity contribution is 5.67. The Balaban J connectivity index is 2.03. The smallest absolute Gasteiger partial charge is 0.126 e. The normalized spacial score (nSPS) is 17.3. The van der Waals surface area contributed by atoms with Crippen LogP contribution in [-0.2, 0) is 6.42 Å². The zero-order valence-corrected chi connectivity index (χ0v) is 10.6. The zero-order chi connectivity index (χ0) is 12.7. The van der Waals surface area contributed by atoms with E-state index in [0.717, 1.165) is 23.3 Å². The number of nitrogens with two attached hydrogens (primary N) is 1. The minimum absolute atomic E-state index is 0.279. The first kappa shape index (κ1) is 11.1. The highest BCUT2D eigenvalue weighted by atomic mass is 16.5. The summed E-state index contributed by atoms with van der Waals surface area (Å²) in [7, 11) is 0. The van der Waals surface area contributed by atoms with Crippen LogP contribution in [0.1, 0.15) is 18.1 Å². The molecule has 92 valence electrons. The van der Waals surface area contributed by atoms with E-state index in [1.165, 1.54) is 11.1 Å². The molecule has 1 aliphatic rings. The van der Waals surface area contributed by atoms with E-state index in [1.807, 2.05) is 19.2 Å². The third-order valence-electron chi connectivity index (χ3n) is 3.35. The average molecular weight is 240 g/mol. The maximum atomic E-state index is 5.74. The Kier molecular flexibility index (Phi) is 2.47. The predicted octanol–water partition coefficient (Wildman–Crippen LogP) is 2.96. The number of nitrogen functional groups attached to an aromatic ring is 1. The molecule has 3 rings (SSSR count). The Morgan fingerprint density at radius 2 is 2.11 bits per heavy atom. The van der Waals surface area contributed by atoms with E-state index >= 15 is 0 Å². The van der Waals surface area contributed by atoms with Crippen molar-refractivity contribution in [1.29, 1.82) is 0 Å². The number of ether oxygens (including phenoxy) is 1. The van der Waals surface area contributed by atoms with Gasteiger partial charge in [-0.1, -0.05) is 6.07 Å². The Morgan fingerprint density at radius 1 is 1.28 bits per heavy atom. The first-order valence-corrected chi connectivity index (χ1v) is 6.15.